The lowest BCUT2D eigenvalue weighted by molar-refractivity contribution is -0.384. The van der Waals surface area contributed by atoms with Gasteiger partial charge in [0.1, 0.15) is 5.75 Å². The minimum Gasteiger partial charge on any atom is -0.497 e. The summed E-state index contributed by atoms with van der Waals surface area (Å²) in [6, 6.07) is 10.7. The van der Waals surface area contributed by atoms with Gasteiger partial charge < -0.3 is 14.0 Å². The summed E-state index contributed by atoms with van der Waals surface area (Å²) in [5.74, 6) is -0.176. The molecule has 192 valence electrons. The number of thiazole rings is 1. The number of sulfonamides is 1. The highest BCUT2D eigenvalue weighted by atomic mass is 32.2. The third-order valence-electron chi connectivity index (χ3n) is 6.10. The zero-order valence-electron chi connectivity index (χ0n) is 19.8. The van der Waals surface area contributed by atoms with Crippen molar-refractivity contribution >= 4 is 43.2 Å². The molecule has 0 bridgehead atoms. The van der Waals surface area contributed by atoms with Gasteiger partial charge in [-0.05, 0) is 43.2 Å². The minimum atomic E-state index is -3.68. The number of carbonyl (C=O) groups excluding carboxylic acids is 1. The lowest BCUT2D eigenvalue weighted by Gasteiger charge is -2.29. The maximum Gasteiger partial charge on any atom is 0.270 e. The van der Waals surface area contributed by atoms with Gasteiger partial charge in [-0.2, -0.15) is 9.30 Å². The fraction of sp³-hybridized carbons (Fsp3) is 0.391. The molecular formula is C23H26N4O7S2. The van der Waals surface area contributed by atoms with Crippen molar-refractivity contribution < 1.29 is 27.6 Å². The number of rotatable bonds is 8. The van der Waals surface area contributed by atoms with Crippen molar-refractivity contribution in [2.45, 2.75) is 24.3 Å². The number of fused-ring (bicyclic) bond motifs is 1. The molecule has 0 aliphatic carbocycles. The number of non-ortho nitro benzene ring substituents is 1. The number of nitrogens with zero attached hydrogens (tertiary/aromatic N) is 4. The molecule has 0 N–H and O–H groups in total. The molecule has 2 aromatic carbocycles. The maximum atomic E-state index is 13.0. The molecule has 1 aromatic heterocycles. The Balaban J connectivity index is 1.53. The van der Waals surface area contributed by atoms with Crippen LogP contribution in [-0.2, 0) is 26.1 Å². The van der Waals surface area contributed by atoms with Crippen molar-refractivity contribution in [1.29, 1.82) is 0 Å². The van der Waals surface area contributed by atoms with Crippen LogP contribution in [0.4, 0.5) is 5.69 Å². The Bertz CT molecular complexity index is 1440. The summed E-state index contributed by atoms with van der Waals surface area (Å²) in [4.78, 5) is 28.7. The summed E-state index contributed by atoms with van der Waals surface area (Å²) in [6.45, 7) is 1.23. The Kier molecular flexibility index (Phi) is 7.83. The molecule has 1 aliphatic rings. The molecule has 0 atom stereocenters. The molecule has 1 saturated heterocycles. The van der Waals surface area contributed by atoms with Gasteiger partial charge in [-0.1, -0.05) is 11.3 Å². The number of benzene rings is 2. The number of nitro groups is 1. The van der Waals surface area contributed by atoms with Crippen LogP contribution in [-0.4, -0.2) is 62.0 Å². The van der Waals surface area contributed by atoms with Crippen LogP contribution >= 0.6 is 11.3 Å². The fourth-order valence-electron chi connectivity index (χ4n) is 4.08. The Morgan fingerprint density at radius 1 is 1.17 bits per heavy atom. The van der Waals surface area contributed by atoms with Gasteiger partial charge in [0.25, 0.3) is 11.6 Å². The highest BCUT2D eigenvalue weighted by Gasteiger charge is 2.32. The number of piperidine rings is 1. The molecular weight excluding hydrogens is 508 g/mol. The Labute approximate surface area is 211 Å². The molecule has 1 fully saturated rings. The summed E-state index contributed by atoms with van der Waals surface area (Å²) in [5, 5.41) is 11.2. The molecule has 0 spiro atoms. The molecule has 13 heteroatoms. The van der Waals surface area contributed by atoms with Gasteiger partial charge in [0.05, 0.1) is 33.8 Å². The molecule has 0 saturated carbocycles. The number of methoxy groups -OCH3 is 2. The summed E-state index contributed by atoms with van der Waals surface area (Å²) in [6.07, 6.45) is 0.707. The van der Waals surface area contributed by atoms with Gasteiger partial charge in [0, 0.05) is 44.8 Å². The van der Waals surface area contributed by atoms with Crippen molar-refractivity contribution in [1.82, 2.24) is 8.87 Å². The van der Waals surface area contributed by atoms with E-state index in [0.29, 0.717) is 41.2 Å². The molecule has 0 radical (unpaired) electrons. The van der Waals surface area contributed by atoms with E-state index in [1.165, 1.54) is 47.0 Å². The first-order chi connectivity index (χ1) is 17.2. The second kappa shape index (κ2) is 10.9. The van der Waals surface area contributed by atoms with E-state index < -0.39 is 20.9 Å². The number of ether oxygens (including phenoxy) is 2. The van der Waals surface area contributed by atoms with Gasteiger partial charge in [0.15, 0.2) is 4.80 Å². The zero-order chi connectivity index (χ0) is 25.9. The van der Waals surface area contributed by atoms with Crippen LogP contribution < -0.4 is 9.54 Å². The number of hydrogen-bond donors (Lipinski definition) is 0. The topological polar surface area (TPSA) is 133 Å². The average Bonchev–Trinajstić information content (AvgIpc) is 3.23. The van der Waals surface area contributed by atoms with Crippen molar-refractivity contribution in [3.63, 3.8) is 0 Å². The maximum absolute atomic E-state index is 13.0. The van der Waals surface area contributed by atoms with Crippen LogP contribution in [0.15, 0.2) is 52.4 Å². The lowest BCUT2D eigenvalue weighted by Crippen LogP contribution is -2.40. The first-order valence-corrected chi connectivity index (χ1v) is 13.5. The predicted octanol–water partition coefficient (Wildman–Crippen LogP) is 2.79. The van der Waals surface area contributed by atoms with Crippen LogP contribution in [0.25, 0.3) is 10.2 Å². The largest absolute Gasteiger partial charge is 0.497 e. The van der Waals surface area contributed by atoms with Crippen LogP contribution in [0.3, 0.4) is 0 Å². The lowest BCUT2D eigenvalue weighted by atomic mass is 9.98. The highest BCUT2D eigenvalue weighted by molar-refractivity contribution is 7.89. The quantitative estimate of drug-likeness (QED) is 0.320. The number of carbonyl (C=O) groups is 1. The van der Waals surface area contributed by atoms with Gasteiger partial charge in [-0.3, -0.25) is 14.9 Å². The first-order valence-electron chi connectivity index (χ1n) is 11.2. The van der Waals surface area contributed by atoms with E-state index in [4.69, 9.17) is 9.47 Å². The molecule has 1 aliphatic heterocycles. The van der Waals surface area contributed by atoms with Gasteiger partial charge in [0.2, 0.25) is 10.0 Å². The SMILES string of the molecule is COCCn1c(=NC(=O)C2CCN(S(=O)(=O)c3ccc(OC)cc3)CC2)sc2cc([N+](=O)[O-])ccc21. The van der Waals surface area contributed by atoms with Crippen molar-refractivity contribution in [3.8, 4) is 5.75 Å². The fourth-order valence-corrected chi connectivity index (χ4v) is 6.65. The van der Waals surface area contributed by atoms with Crippen molar-refractivity contribution in [3.05, 3.63) is 57.4 Å². The van der Waals surface area contributed by atoms with Gasteiger partial charge in [-0.15, -0.1) is 0 Å². The van der Waals surface area contributed by atoms with E-state index in [0.717, 1.165) is 5.52 Å². The summed E-state index contributed by atoms with van der Waals surface area (Å²) < 4.78 is 40.1. The first kappa shape index (κ1) is 25.9. The van der Waals surface area contributed by atoms with Crippen LogP contribution in [0.2, 0.25) is 0 Å². The number of nitro benzene ring substituents is 1. The van der Waals surface area contributed by atoms with Crippen molar-refractivity contribution in [2.75, 3.05) is 33.9 Å². The standard InChI is InChI=1S/C23H26N4O7S2/c1-33-14-13-26-20-8-3-17(27(29)30)15-21(20)35-23(26)24-22(28)16-9-11-25(12-10-16)36(31,32)19-6-4-18(34-2)5-7-19/h3-8,15-16H,9-14H2,1-2H3. The van der Waals surface area contributed by atoms with Crippen LogP contribution in [0.5, 0.6) is 5.75 Å². The predicted molar refractivity (Wildman–Crippen MR) is 133 cm³/mol. The van der Waals surface area contributed by atoms with Crippen LogP contribution in [0.1, 0.15) is 12.8 Å². The van der Waals surface area contributed by atoms with E-state index >= 15 is 0 Å². The van der Waals surface area contributed by atoms with E-state index in [-0.39, 0.29) is 29.6 Å². The number of hydrogen-bond acceptors (Lipinski definition) is 8. The smallest absolute Gasteiger partial charge is 0.270 e. The Hall–Kier alpha value is -3.13. The molecule has 1 amide bonds. The summed E-state index contributed by atoms with van der Waals surface area (Å²) >= 11 is 1.20. The van der Waals surface area contributed by atoms with E-state index in [1.54, 1.807) is 25.3 Å². The summed E-state index contributed by atoms with van der Waals surface area (Å²) in [7, 11) is -0.598. The van der Waals surface area contributed by atoms with E-state index in [2.05, 4.69) is 4.99 Å². The number of aromatic nitrogens is 1. The second-order valence-electron chi connectivity index (χ2n) is 8.24. The third-order valence-corrected chi connectivity index (χ3v) is 9.06. The highest BCUT2D eigenvalue weighted by Crippen LogP contribution is 2.27. The molecule has 0 unspecified atom stereocenters. The molecule has 3 aromatic rings. The van der Waals surface area contributed by atoms with E-state index in [1.807, 2.05) is 4.57 Å². The van der Waals surface area contributed by atoms with Gasteiger partial charge >= 0.3 is 0 Å². The third kappa shape index (κ3) is 5.33. The second-order valence-corrected chi connectivity index (χ2v) is 11.2. The molecule has 36 heavy (non-hydrogen) atoms. The van der Waals surface area contributed by atoms with Crippen LogP contribution in [0, 0.1) is 16.0 Å². The molecule has 2 heterocycles. The van der Waals surface area contributed by atoms with Crippen molar-refractivity contribution in [2.24, 2.45) is 10.9 Å². The van der Waals surface area contributed by atoms with Gasteiger partial charge in [-0.25, -0.2) is 8.42 Å². The Morgan fingerprint density at radius 3 is 2.47 bits per heavy atom. The number of amides is 1. The molecule has 11 nitrogen and oxygen atoms in total. The molecule has 4 rings (SSSR count). The summed E-state index contributed by atoms with van der Waals surface area (Å²) in [5.41, 5.74) is 0.695. The normalized spacial score (nSPS) is 15.9. The van der Waals surface area contributed by atoms with E-state index in [9.17, 15) is 23.3 Å². The zero-order valence-corrected chi connectivity index (χ0v) is 21.5. The Morgan fingerprint density at radius 2 is 1.86 bits per heavy atom. The minimum absolute atomic E-state index is 0.0361. The average molecular weight is 535 g/mol. The monoisotopic (exact) mass is 534 g/mol.